The highest BCUT2D eigenvalue weighted by Crippen LogP contribution is 2.36. The van der Waals surface area contributed by atoms with E-state index >= 15 is 0 Å². The molecule has 0 aromatic carbocycles. The molecule has 2 nitrogen and oxygen atoms in total. The molecule has 0 saturated carbocycles. The predicted molar refractivity (Wildman–Crippen MR) is 76.4 cm³/mol. The second-order valence-electron chi connectivity index (χ2n) is 4.44. The van der Waals surface area contributed by atoms with Gasteiger partial charge in [-0.15, -0.1) is 0 Å². The van der Waals surface area contributed by atoms with Crippen molar-refractivity contribution in [2.24, 2.45) is 4.99 Å². The van der Waals surface area contributed by atoms with Crippen molar-refractivity contribution >= 4 is 17.9 Å². The second-order valence-corrected chi connectivity index (χ2v) is 4.90. The number of halogens is 1. The minimum Gasteiger partial charge on any atom is -0.355 e. The molecule has 0 radical (unpaired) electrons. The van der Waals surface area contributed by atoms with Gasteiger partial charge >= 0.3 is 0 Å². The summed E-state index contributed by atoms with van der Waals surface area (Å²) in [6, 6.07) is 0. The van der Waals surface area contributed by atoms with Crippen molar-refractivity contribution in [2.45, 2.75) is 38.6 Å². The summed E-state index contributed by atoms with van der Waals surface area (Å²) in [7, 11) is 2.05. The molecule has 1 unspecified atom stereocenters. The van der Waals surface area contributed by atoms with E-state index in [2.05, 4.69) is 36.4 Å². The summed E-state index contributed by atoms with van der Waals surface area (Å²) in [5.74, 6) is 0. The van der Waals surface area contributed by atoms with E-state index < -0.39 is 0 Å². The van der Waals surface area contributed by atoms with Gasteiger partial charge in [-0.2, -0.15) is 0 Å². The molecule has 0 aromatic rings. The number of nitrogens with zero attached hydrogens (tertiary/aromatic N) is 2. The van der Waals surface area contributed by atoms with Gasteiger partial charge in [0.1, 0.15) is 0 Å². The summed E-state index contributed by atoms with van der Waals surface area (Å²) < 4.78 is 0. The summed E-state index contributed by atoms with van der Waals surface area (Å²) in [5, 5.41) is 0.862. The van der Waals surface area contributed by atoms with Crippen LogP contribution < -0.4 is 0 Å². The monoisotopic (exact) mass is 252 g/mol. The zero-order chi connectivity index (χ0) is 12.9. The van der Waals surface area contributed by atoms with E-state index in [-0.39, 0.29) is 5.54 Å². The Hall–Kier alpha value is -1.02. The molecule has 0 N–H and O–H groups in total. The summed E-state index contributed by atoms with van der Waals surface area (Å²) in [5.41, 5.74) is 0.926. The molecule has 0 amide bonds. The molecule has 1 aliphatic heterocycles. The molecule has 0 aliphatic carbocycles. The highest BCUT2D eigenvalue weighted by Gasteiger charge is 2.37. The molecule has 1 aliphatic rings. The predicted octanol–water partition coefficient (Wildman–Crippen LogP) is 4.10. The SMILES string of the molecule is C=C/C=C\CCC1(C)/C(=C(/Cl)CC)N=CN1C. The van der Waals surface area contributed by atoms with Crippen LogP contribution in [-0.2, 0) is 0 Å². The van der Waals surface area contributed by atoms with E-state index in [1.54, 1.807) is 6.08 Å². The Bertz CT molecular complexity index is 368. The maximum atomic E-state index is 6.27. The lowest BCUT2D eigenvalue weighted by atomic mass is 9.90. The molecule has 0 fully saturated rings. The molecule has 0 bridgehead atoms. The molecule has 3 heteroatoms. The van der Waals surface area contributed by atoms with Crippen LogP contribution in [0.5, 0.6) is 0 Å². The summed E-state index contributed by atoms with van der Waals surface area (Å²) in [6.07, 6.45) is 10.6. The lowest BCUT2D eigenvalue weighted by molar-refractivity contribution is 0.282. The topological polar surface area (TPSA) is 15.6 Å². The van der Waals surface area contributed by atoms with Gasteiger partial charge in [0, 0.05) is 12.1 Å². The highest BCUT2D eigenvalue weighted by atomic mass is 35.5. The molecular formula is C14H21ClN2. The summed E-state index contributed by atoms with van der Waals surface area (Å²) in [6.45, 7) is 7.91. The van der Waals surface area contributed by atoms with Gasteiger partial charge in [0.25, 0.3) is 0 Å². The van der Waals surface area contributed by atoms with E-state index in [9.17, 15) is 0 Å². The Morgan fingerprint density at radius 3 is 2.94 bits per heavy atom. The summed E-state index contributed by atoms with van der Waals surface area (Å²) in [4.78, 5) is 6.58. The number of hydrogen-bond acceptors (Lipinski definition) is 2. The maximum Gasteiger partial charge on any atom is 0.0915 e. The van der Waals surface area contributed by atoms with Crippen LogP contribution in [0.3, 0.4) is 0 Å². The first kappa shape index (κ1) is 14.0. The number of rotatable bonds is 5. The van der Waals surface area contributed by atoms with Gasteiger partial charge in [0.15, 0.2) is 0 Å². The van der Waals surface area contributed by atoms with Crippen molar-refractivity contribution in [1.82, 2.24) is 4.90 Å². The number of hydrogen-bond donors (Lipinski definition) is 0. The van der Waals surface area contributed by atoms with Crippen LogP contribution in [0.2, 0.25) is 0 Å². The number of likely N-dealkylation sites (N-methyl/N-ethyl adjacent to an activating group) is 1. The molecule has 0 aromatic heterocycles. The van der Waals surface area contributed by atoms with Gasteiger partial charge < -0.3 is 4.90 Å². The quantitative estimate of drug-likeness (QED) is 0.673. The van der Waals surface area contributed by atoms with Gasteiger partial charge in [-0.25, -0.2) is 4.99 Å². The fourth-order valence-electron chi connectivity index (χ4n) is 1.96. The van der Waals surface area contributed by atoms with E-state index in [1.807, 2.05) is 19.5 Å². The Kier molecular flexibility index (Phi) is 5.01. The average molecular weight is 253 g/mol. The minimum atomic E-state index is -0.0847. The zero-order valence-corrected chi connectivity index (χ0v) is 11.7. The zero-order valence-electron chi connectivity index (χ0n) is 10.9. The third kappa shape index (κ3) is 3.01. The molecule has 94 valence electrons. The van der Waals surface area contributed by atoms with Crippen LogP contribution >= 0.6 is 11.6 Å². The van der Waals surface area contributed by atoms with Crippen molar-refractivity contribution in [3.63, 3.8) is 0 Å². The lowest BCUT2D eigenvalue weighted by Gasteiger charge is -2.33. The molecule has 0 saturated heterocycles. The van der Waals surface area contributed by atoms with Crippen molar-refractivity contribution in [3.05, 3.63) is 35.5 Å². The van der Waals surface area contributed by atoms with E-state index in [1.165, 1.54) is 0 Å². The fraction of sp³-hybridized carbons (Fsp3) is 0.500. The van der Waals surface area contributed by atoms with Crippen LogP contribution in [0.25, 0.3) is 0 Å². The van der Waals surface area contributed by atoms with Crippen molar-refractivity contribution in [3.8, 4) is 0 Å². The molecule has 1 atom stereocenters. The standard InChI is InChI=1S/C14H21ClN2/c1-5-7-8-9-10-14(3)13(12(15)6-2)16-11-17(14)4/h5,7-8,11H,1,6,9-10H2,2-4H3/b8-7-,13-12-. The van der Waals surface area contributed by atoms with E-state index in [0.29, 0.717) is 0 Å². The van der Waals surface area contributed by atoms with Gasteiger partial charge in [0.2, 0.25) is 0 Å². The maximum absolute atomic E-state index is 6.27. The highest BCUT2D eigenvalue weighted by molar-refractivity contribution is 6.30. The average Bonchev–Trinajstić information content (AvgIpc) is 2.61. The Labute approximate surface area is 109 Å². The Balaban J connectivity index is 2.84. The van der Waals surface area contributed by atoms with Gasteiger partial charge in [0.05, 0.1) is 17.6 Å². The first-order chi connectivity index (χ1) is 8.06. The molecule has 1 rings (SSSR count). The fourth-order valence-corrected chi connectivity index (χ4v) is 2.21. The number of aliphatic imine (C=N–C) groups is 1. The normalized spacial score (nSPS) is 26.9. The van der Waals surface area contributed by atoms with Crippen LogP contribution in [0.15, 0.2) is 40.5 Å². The molecule has 17 heavy (non-hydrogen) atoms. The van der Waals surface area contributed by atoms with E-state index in [0.717, 1.165) is 30.0 Å². The summed E-state index contributed by atoms with van der Waals surface area (Å²) >= 11 is 6.27. The second kappa shape index (κ2) is 6.06. The van der Waals surface area contributed by atoms with Crippen LogP contribution in [0.1, 0.15) is 33.1 Å². The van der Waals surface area contributed by atoms with Crippen LogP contribution in [0, 0.1) is 0 Å². The van der Waals surface area contributed by atoms with Crippen molar-refractivity contribution in [1.29, 1.82) is 0 Å². The van der Waals surface area contributed by atoms with E-state index in [4.69, 9.17) is 11.6 Å². The molecule has 1 heterocycles. The van der Waals surface area contributed by atoms with Crippen LogP contribution in [-0.4, -0.2) is 23.8 Å². The van der Waals surface area contributed by atoms with Crippen molar-refractivity contribution < 1.29 is 0 Å². The van der Waals surface area contributed by atoms with Gasteiger partial charge in [-0.1, -0.05) is 43.3 Å². The molecule has 0 spiro atoms. The van der Waals surface area contributed by atoms with Crippen LogP contribution in [0.4, 0.5) is 0 Å². The lowest BCUT2D eigenvalue weighted by Crippen LogP contribution is -2.40. The van der Waals surface area contributed by atoms with Gasteiger partial charge in [-0.3, -0.25) is 0 Å². The third-order valence-electron chi connectivity index (χ3n) is 3.29. The largest absolute Gasteiger partial charge is 0.355 e. The number of allylic oxidation sites excluding steroid dienone is 4. The minimum absolute atomic E-state index is 0.0847. The van der Waals surface area contributed by atoms with Crippen molar-refractivity contribution in [2.75, 3.05) is 7.05 Å². The first-order valence-corrected chi connectivity index (χ1v) is 6.38. The Morgan fingerprint density at radius 2 is 2.35 bits per heavy atom. The Morgan fingerprint density at radius 1 is 1.65 bits per heavy atom. The third-order valence-corrected chi connectivity index (χ3v) is 3.73. The van der Waals surface area contributed by atoms with Gasteiger partial charge in [-0.05, 0) is 26.2 Å². The first-order valence-electron chi connectivity index (χ1n) is 6.00. The molecular weight excluding hydrogens is 232 g/mol. The smallest absolute Gasteiger partial charge is 0.0915 e.